The van der Waals surface area contributed by atoms with Crippen molar-refractivity contribution in [2.24, 2.45) is 0 Å². The minimum absolute atomic E-state index is 0.0142. The molecule has 0 bridgehead atoms. The molecule has 5 heteroatoms. The first-order valence-corrected chi connectivity index (χ1v) is 7.12. The molecule has 3 N–H and O–H groups in total. The molecule has 0 aliphatic heterocycles. The van der Waals surface area contributed by atoms with E-state index in [0.717, 1.165) is 18.7 Å². The van der Waals surface area contributed by atoms with Crippen molar-refractivity contribution in [3.63, 3.8) is 0 Å². The van der Waals surface area contributed by atoms with Crippen LogP contribution in [0.2, 0.25) is 5.02 Å². The molecule has 0 heterocycles. The van der Waals surface area contributed by atoms with Gasteiger partial charge in [-0.1, -0.05) is 30.7 Å². The zero-order valence-corrected chi connectivity index (χ0v) is 12.4. The van der Waals surface area contributed by atoms with Crippen LogP contribution in [0.15, 0.2) is 42.5 Å². The summed E-state index contributed by atoms with van der Waals surface area (Å²) in [6.07, 6.45) is 0.976. The normalized spacial score (nSPS) is 10.2. The molecule has 110 valence electrons. The third kappa shape index (κ3) is 3.89. The molecule has 1 amide bonds. The van der Waals surface area contributed by atoms with Crippen LogP contribution >= 0.6 is 11.6 Å². The molecule has 2 aromatic rings. The van der Waals surface area contributed by atoms with Gasteiger partial charge >= 0.3 is 0 Å². The molecule has 0 fully saturated rings. The highest BCUT2D eigenvalue weighted by Crippen LogP contribution is 2.26. The summed E-state index contributed by atoms with van der Waals surface area (Å²) in [7, 11) is 0. The van der Waals surface area contributed by atoms with Gasteiger partial charge in [0.25, 0.3) is 5.91 Å². The lowest BCUT2D eigenvalue weighted by Gasteiger charge is -2.12. The third-order valence-corrected chi connectivity index (χ3v) is 3.25. The summed E-state index contributed by atoms with van der Waals surface area (Å²) in [6, 6.07) is 11.9. The van der Waals surface area contributed by atoms with Gasteiger partial charge in [0.2, 0.25) is 0 Å². The Hall–Kier alpha value is -2.20. The molecule has 0 saturated heterocycles. The zero-order valence-electron chi connectivity index (χ0n) is 11.7. The number of amides is 1. The monoisotopic (exact) mass is 304 g/mol. The molecule has 2 aromatic carbocycles. The minimum Gasteiger partial charge on any atom is -0.506 e. The average molecular weight is 305 g/mol. The molecule has 0 saturated carbocycles. The number of carbonyl (C=O) groups is 1. The van der Waals surface area contributed by atoms with Crippen molar-refractivity contribution in [3.8, 4) is 5.75 Å². The van der Waals surface area contributed by atoms with Crippen LogP contribution in [0, 0.1) is 0 Å². The van der Waals surface area contributed by atoms with Gasteiger partial charge in [0.15, 0.2) is 0 Å². The SMILES string of the molecule is CCCNc1ccccc1C(=O)Nc1ccc(O)c(Cl)c1. The molecule has 0 atom stereocenters. The van der Waals surface area contributed by atoms with Crippen LogP contribution in [0.25, 0.3) is 0 Å². The number of nitrogens with one attached hydrogen (secondary N) is 2. The Morgan fingerprint density at radius 2 is 2.00 bits per heavy atom. The molecule has 21 heavy (non-hydrogen) atoms. The fourth-order valence-electron chi connectivity index (χ4n) is 1.88. The smallest absolute Gasteiger partial charge is 0.257 e. The van der Waals surface area contributed by atoms with Gasteiger partial charge in [-0.3, -0.25) is 4.79 Å². The number of para-hydroxylation sites is 1. The fraction of sp³-hybridized carbons (Fsp3) is 0.188. The largest absolute Gasteiger partial charge is 0.506 e. The van der Waals surface area contributed by atoms with Gasteiger partial charge in [0.05, 0.1) is 10.6 Å². The van der Waals surface area contributed by atoms with E-state index in [1.54, 1.807) is 12.1 Å². The third-order valence-electron chi connectivity index (χ3n) is 2.94. The minimum atomic E-state index is -0.226. The van der Waals surface area contributed by atoms with Gasteiger partial charge in [-0.05, 0) is 36.8 Å². The lowest BCUT2D eigenvalue weighted by atomic mass is 10.1. The number of phenolic OH excluding ortho intramolecular Hbond substituents is 1. The number of rotatable bonds is 5. The molecule has 0 aromatic heterocycles. The molecule has 0 aliphatic carbocycles. The molecule has 0 aliphatic rings. The highest BCUT2D eigenvalue weighted by molar-refractivity contribution is 6.32. The van der Waals surface area contributed by atoms with Gasteiger partial charge in [-0.15, -0.1) is 0 Å². The van der Waals surface area contributed by atoms with Crippen LogP contribution in [-0.2, 0) is 0 Å². The predicted octanol–water partition coefficient (Wildman–Crippen LogP) is 4.12. The van der Waals surface area contributed by atoms with E-state index < -0.39 is 0 Å². The second-order valence-corrected chi connectivity index (χ2v) is 5.00. The Morgan fingerprint density at radius 1 is 1.24 bits per heavy atom. The van der Waals surface area contributed by atoms with E-state index in [1.807, 2.05) is 18.2 Å². The highest BCUT2D eigenvalue weighted by atomic mass is 35.5. The van der Waals surface area contributed by atoms with Gasteiger partial charge in [-0.25, -0.2) is 0 Å². The van der Waals surface area contributed by atoms with Crippen LogP contribution in [0.4, 0.5) is 11.4 Å². The number of hydrogen-bond donors (Lipinski definition) is 3. The lowest BCUT2D eigenvalue weighted by Crippen LogP contribution is -2.15. The summed E-state index contributed by atoms with van der Waals surface area (Å²) < 4.78 is 0. The molecule has 2 rings (SSSR count). The number of hydrogen-bond acceptors (Lipinski definition) is 3. The maximum absolute atomic E-state index is 12.3. The van der Waals surface area contributed by atoms with E-state index >= 15 is 0 Å². The van der Waals surface area contributed by atoms with E-state index in [4.69, 9.17) is 11.6 Å². The summed E-state index contributed by atoms with van der Waals surface area (Å²) in [5.74, 6) is -0.240. The van der Waals surface area contributed by atoms with Crippen molar-refractivity contribution in [2.45, 2.75) is 13.3 Å². The van der Waals surface area contributed by atoms with E-state index in [-0.39, 0.29) is 16.7 Å². The van der Waals surface area contributed by atoms with Crippen molar-refractivity contribution >= 4 is 28.9 Å². The number of anilines is 2. The van der Waals surface area contributed by atoms with Crippen molar-refractivity contribution in [2.75, 3.05) is 17.2 Å². The van der Waals surface area contributed by atoms with Crippen molar-refractivity contribution in [1.29, 1.82) is 0 Å². The Morgan fingerprint density at radius 3 is 2.71 bits per heavy atom. The predicted molar refractivity (Wildman–Crippen MR) is 86.3 cm³/mol. The lowest BCUT2D eigenvalue weighted by molar-refractivity contribution is 0.102. The molecule has 0 radical (unpaired) electrons. The topological polar surface area (TPSA) is 61.4 Å². The number of aromatic hydroxyl groups is 1. The van der Waals surface area contributed by atoms with Crippen LogP contribution < -0.4 is 10.6 Å². The number of carbonyl (C=O) groups excluding carboxylic acids is 1. The van der Waals surface area contributed by atoms with Crippen LogP contribution in [-0.4, -0.2) is 17.6 Å². The Bertz CT molecular complexity index is 644. The van der Waals surface area contributed by atoms with Gasteiger partial charge in [0.1, 0.15) is 5.75 Å². The first-order chi connectivity index (χ1) is 10.1. The highest BCUT2D eigenvalue weighted by Gasteiger charge is 2.11. The number of benzene rings is 2. The molecule has 0 spiro atoms. The average Bonchev–Trinajstić information content (AvgIpc) is 2.49. The second-order valence-electron chi connectivity index (χ2n) is 4.59. The van der Waals surface area contributed by atoms with Crippen LogP contribution in [0.3, 0.4) is 0 Å². The van der Waals surface area contributed by atoms with Gasteiger partial charge in [-0.2, -0.15) is 0 Å². The van der Waals surface area contributed by atoms with E-state index in [2.05, 4.69) is 17.6 Å². The summed E-state index contributed by atoms with van der Waals surface area (Å²) in [6.45, 7) is 2.86. The maximum atomic E-state index is 12.3. The Balaban J connectivity index is 2.18. The van der Waals surface area contributed by atoms with E-state index in [0.29, 0.717) is 11.3 Å². The molecular weight excluding hydrogens is 288 g/mol. The zero-order chi connectivity index (χ0) is 15.2. The van der Waals surface area contributed by atoms with Crippen molar-refractivity contribution in [3.05, 3.63) is 53.1 Å². The molecule has 4 nitrogen and oxygen atoms in total. The van der Waals surface area contributed by atoms with Crippen molar-refractivity contribution in [1.82, 2.24) is 0 Å². The molecular formula is C16H17ClN2O2. The summed E-state index contributed by atoms with van der Waals surface area (Å²) in [5.41, 5.74) is 1.89. The Labute approximate surface area is 128 Å². The van der Waals surface area contributed by atoms with Crippen LogP contribution in [0.1, 0.15) is 23.7 Å². The fourth-order valence-corrected chi connectivity index (χ4v) is 2.06. The van der Waals surface area contributed by atoms with Gasteiger partial charge in [0, 0.05) is 17.9 Å². The van der Waals surface area contributed by atoms with E-state index in [1.165, 1.54) is 12.1 Å². The Kier molecular flexibility index (Phi) is 5.06. The maximum Gasteiger partial charge on any atom is 0.257 e. The first-order valence-electron chi connectivity index (χ1n) is 6.74. The summed E-state index contributed by atoms with van der Waals surface area (Å²) in [5, 5.41) is 15.6. The number of phenols is 1. The summed E-state index contributed by atoms with van der Waals surface area (Å²) in [4.78, 5) is 12.3. The van der Waals surface area contributed by atoms with Crippen LogP contribution in [0.5, 0.6) is 5.75 Å². The quantitative estimate of drug-likeness (QED) is 0.728. The standard InChI is InChI=1S/C16H17ClN2O2/c1-2-9-18-14-6-4-3-5-12(14)16(21)19-11-7-8-15(20)13(17)10-11/h3-8,10,18,20H,2,9H2,1H3,(H,19,21). The van der Waals surface area contributed by atoms with Gasteiger partial charge < -0.3 is 15.7 Å². The van der Waals surface area contributed by atoms with E-state index in [9.17, 15) is 9.90 Å². The second kappa shape index (κ2) is 6.99. The number of halogens is 1. The summed E-state index contributed by atoms with van der Waals surface area (Å²) >= 11 is 5.83. The molecule has 0 unspecified atom stereocenters. The first kappa shape index (κ1) is 15.2. The van der Waals surface area contributed by atoms with Crippen molar-refractivity contribution < 1.29 is 9.90 Å².